The highest BCUT2D eigenvalue weighted by Crippen LogP contribution is 2.28. The number of carbonyl (C=O) groups is 2. The number of amides is 2. The van der Waals surface area contributed by atoms with E-state index in [9.17, 15) is 9.59 Å². The van der Waals surface area contributed by atoms with Crippen molar-refractivity contribution in [1.82, 2.24) is 5.32 Å². The predicted molar refractivity (Wildman–Crippen MR) is 92.0 cm³/mol. The number of anilines is 1. The molecule has 2 aromatic carbocycles. The van der Waals surface area contributed by atoms with Gasteiger partial charge in [0.2, 0.25) is 5.91 Å². The Kier molecular flexibility index (Phi) is 4.79. The second-order valence-electron chi connectivity index (χ2n) is 5.84. The molecular formula is C19H20N2O3. The van der Waals surface area contributed by atoms with Crippen LogP contribution in [0.3, 0.4) is 0 Å². The van der Waals surface area contributed by atoms with Crippen molar-refractivity contribution in [3.8, 4) is 5.75 Å². The standard InChI is InChI=1S/C19H20N2O3/c1-24-17-5-3-2-4-16(17)21-19(23)15-8-6-13(7-9-15)12-20-18(22)14-10-11-14/h2-9,14H,10-12H2,1H3,(H,20,22)(H,21,23). The Balaban J connectivity index is 1.60. The van der Waals surface area contributed by atoms with Crippen molar-refractivity contribution in [3.63, 3.8) is 0 Å². The minimum atomic E-state index is -0.201. The second kappa shape index (κ2) is 7.17. The third kappa shape index (κ3) is 3.93. The quantitative estimate of drug-likeness (QED) is 0.858. The minimum absolute atomic E-state index is 0.119. The predicted octanol–water partition coefficient (Wildman–Crippen LogP) is 2.97. The molecule has 1 fully saturated rings. The van der Waals surface area contributed by atoms with E-state index in [0.29, 0.717) is 23.5 Å². The molecule has 24 heavy (non-hydrogen) atoms. The molecular weight excluding hydrogens is 304 g/mol. The van der Waals surface area contributed by atoms with E-state index in [1.165, 1.54) is 0 Å². The summed E-state index contributed by atoms with van der Waals surface area (Å²) in [4.78, 5) is 24.0. The van der Waals surface area contributed by atoms with Crippen molar-refractivity contribution in [3.05, 3.63) is 59.7 Å². The molecule has 5 nitrogen and oxygen atoms in total. The number of benzene rings is 2. The molecule has 1 aliphatic carbocycles. The highest BCUT2D eigenvalue weighted by atomic mass is 16.5. The molecule has 0 aliphatic heterocycles. The number of rotatable bonds is 6. The summed E-state index contributed by atoms with van der Waals surface area (Å²) in [7, 11) is 1.57. The van der Waals surface area contributed by atoms with Gasteiger partial charge in [-0.05, 0) is 42.7 Å². The zero-order valence-electron chi connectivity index (χ0n) is 13.5. The highest BCUT2D eigenvalue weighted by molar-refractivity contribution is 6.05. The van der Waals surface area contributed by atoms with Crippen molar-refractivity contribution in [2.75, 3.05) is 12.4 Å². The molecule has 0 unspecified atom stereocenters. The van der Waals surface area contributed by atoms with Crippen molar-refractivity contribution in [2.45, 2.75) is 19.4 Å². The highest BCUT2D eigenvalue weighted by Gasteiger charge is 2.29. The molecule has 5 heteroatoms. The minimum Gasteiger partial charge on any atom is -0.495 e. The third-order valence-corrected chi connectivity index (χ3v) is 3.99. The number of carbonyl (C=O) groups excluding carboxylic acids is 2. The van der Waals surface area contributed by atoms with Crippen molar-refractivity contribution in [2.24, 2.45) is 5.92 Å². The first-order valence-corrected chi connectivity index (χ1v) is 7.98. The van der Waals surface area contributed by atoms with Gasteiger partial charge in [0.1, 0.15) is 5.75 Å². The maximum atomic E-state index is 12.3. The molecule has 2 N–H and O–H groups in total. The summed E-state index contributed by atoms with van der Waals surface area (Å²) in [5.41, 5.74) is 2.15. The lowest BCUT2D eigenvalue weighted by Gasteiger charge is -2.10. The van der Waals surface area contributed by atoms with Gasteiger partial charge in [-0.2, -0.15) is 0 Å². The van der Waals surface area contributed by atoms with Gasteiger partial charge in [0.05, 0.1) is 12.8 Å². The third-order valence-electron chi connectivity index (χ3n) is 3.99. The van der Waals surface area contributed by atoms with E-state index in [0.717, 1.165) is 18.4 Å². The van der Waals surface area contributed by atoms with Gasteiger partial charge in [-0.25, -0.2) is 0 Å². The molecule has 1 aliphatic rings. The van der Waals surface area contributed by atoms with Crippen LogP contribution in [0.15, 0.2) is 48.5 Å². The van der Waals surface area contributed by atoms with Gasteiger partial charge in [0.25, 0.3) is 5.91 Å². The molecule has 0 heterocycles. The Bertz CT molecular complexity index is 737. The maximum Gasteiger partial charge on any atom is 0.255 e. The van der Waals surface area contributed by atoms with E-state index < -0.39 is 0 Å². The van der Waals surface area contributed by atoms with Crippen molar-refractivity contribution < 1.29 is 14.3 Å². The average molecular weight is 324 g/mol. The van der Waals surface area contributed by atoms with Gasteiger partial charge in [0.15, 0.2) is 0 Å². The first-order chi connectivity index (χ1) is 11.7. The molecule has 2 aromatic rings. The molecule has 124 valence electrons. The molecule has 0 spiro atoms. The second-order valence-corrected chi connectivity index (χ2v) is 5.84. The monoisotopic (exact) mass is 324 g/mol. The SMILES string of the molecule is COc1ccccc1NC(=O)c1ccc(CNC(=O)C2CC2)cc1. The maximum absolute atomic E-state index is 12.3. The van der Waals surface area contributed by atoms with Gasteiger partial charge in [-0.3, -0.25) is 9.59 Å². The fraction of sp³-hybridized carbons (Fsp3) is 0.263. The fourth-order valence-electron chi connectivity index (χ4n) is 2.40. The van der Waals surface area contributed by atoms with Gasteiger partial charge in [-0.15, -0.1) is 0 Å². The van der Waals surface area contributed by atoms with Crippen LogP contribution in [0.25, 0.3) is 0 Å². The van der Waals surface area contributed by atoms with Gasteiger partial charge >= 0.3 is 0 Å². The number of nitrogens with one attached hydrogen (secondary N) is 2. The van der Waals surface area contributed by atoms with Crippen LogP contribution in [0.5, 0.6) is 5.75 Å². The Labute approximate surface area is 141 Å². The molecule has 0 aromatic heterocycles. The molecule has 1 saturated carbocycles. The van der Waals surface area contributed by atoms with Gasteiger partial charge in [-0.1, -0.05) is 24.3 Å². The molecule has 0 saturated heterocycles. The lowest BCUT2D eigenvalue weighted by molar-refractivity contribution is -0.122. The van der Waals surface area contributed by atoms with Crippen LogP contribution >= 0.6 is 0 Å². The average Bonchev–Trinajstić information content (AvgIpc) is 3.45. The Morgan fingerprint density at radius 3 is 2.46 bits per heavy atom. The molecule has 0 radical (unpaired) electrons. The van der Waals surface area contributed by atoms with Crippen LogP contribution < -0.4 is 15.4 Å². The lowest BCUT2D eigenvalue weighted by atomic mass is 10.1. The summed E-state index contributed by atoms with van der Waals surface area (Å²) in [5, 5.41) is 5.75. The number of ether oxygens (including phenoxy) is 1. The summed E-state index contributed by atoms with van der Waals surface area (Å²) in [5.74, 6) is 0.738. The zero-order valence-corrected chi connectivity index (χ0v) is 13.5. The summed E-state index contributed by atoms with van der Waals surface area (Å²) in [6.45, 7) is 0.490. The largest absolute Gasteiger partial charge is 0.495 e. The van der Waals surface area contributed by atoms with Crippen molar-refractivity contribution in [1.29, 1.82) is 0 Å². The molecule has 3 rings (SSSR count). The number of hydrogen-bond acceptors (Lipinski definition) is 3. The van der Waals surface area contributed by atoms with Gasteiger partial charge < -0.3 is 15.4 Å². The van der Waals surface area contributed by atoms with E-state index in [-0.39, 0.29) is 17.7 Å². The first-order valence-electron chi connectivity index (χ1n) is 7.98. The van der Waals surface area contributed by atoms with E-state index >= 15 is 0 Å². The van der Waals surface area contributed by atoms with E-state index in [1.54, 1.807) is 31.4 Å². The number of methoxy groups -OCH3 is 1. The molecule has 0 atom stereocenters. The van der Waals surface area contributed by atoms with E-state index in [2.05, 4.69) is 10.6 Å². The summed E-state index contributed by atoms with van der Waals surface area (Å²) in [6, 6.07) is 14.5. The van der Waals surface area contributed by atoms with Crippen LogP contribution in [0.1, 0.15) is 28.8 Å². The van der Waals surface area contributed by atoms with Crippen molar-refractivity contribution >= 4 is 17.5 Å². The number of para-hydroxylation sites is 2. The smallest absolute Gasteiger partial charge is 0.255 e. The fourth-order valence-corrected chi connectivity index (χ4v) is 2.40. The van der Waals surface area contributed by atoms with Crippen LogP contribution in [-0.2, 0) is 11.3 Å². The van der Waals surface area contributed by atoms with Gasteiger partial charge in [0, 0.05) is 18.0 Å². The Hall–Kier alpha value is -2.82. The van der Waals surface area contributed by atoms with E-state index in [4.69, 9.17) is 4.74 Å². The van der Waals surface area contributed by atoms with Crippen LogP contribution in [0.2, 0.25) is 0 Å². The van der Waals surface area contributed by atoms with Crippen LogP contribution in [0, 0.1) is 5.92 Å². The summed E-state index contributed by atoms with van der Waals surface area (Å²) in [6.07, 6.45) is 1.99. The Morgan fingerprint density at radius 1 is 1.08 bits per heavy atom. The topological polar surface area (TPSA) is 67.4 Å². The molecule has 0 bridgehead atoms. The van der Waals surface area contributed by atoms with E-state index in [1.807, 2.05) is 24.3 Å². The number of hydrogen-bond donors (Lipinski definition) is 2. The first kappa shape index (κ1) is 16.1. The summed E-state index contributed by atoms with van der Waals surface area (Å²) < 4.78 is 5.22. The lowest BCUT2D eigenvalue weighted by Crippen LogP contribution is -2.24. The normalized spacial score (nSPS) is 13.2. The molecule has 2 amide bonds. The zero-order chi connectivity index (χ0) is 16.9. The van der Waals surface area contributed by atoms with Crippen LogP contribution in [0.4, 0.5) is 5.69 Å². The summed E-state index contributed by atoms with van der Waals surface area (Å²) >= 11 is 0. The Morgan fingerprint density at radius 2 is 1.79 bits per heavy atom. The van der Waals surface area contributed by atoms with Crippen LogP contribution in [-0.4, -0.2) is 18.9 Å².